The van der Waals surface area contributed by atoms with Crippen LogP contribution < -0.4 is 0 Å². The van der Waals surface area contributed by atoms with Gasteiger partial charge in [-0.1, -0.05) is 11.6 Å². The third-order valence-electron chi connectivity index (χ3n) is 2.33. The molecule has 1 aromatic carbocycles. The highest BCUT2D eigenvalue weighted by Crippen LogP contribution is 2.22. The minimum Gasteiger partial charge on any atom is -0.305 e. The molecular weight excluding hydrogens is 240 g/mol. The largest absolute Gasteiger partial charge is 0.305 e. The first-order valence-corrected chi connectivity index (χ1v) is 5.23. The molecule has 84 valence electrons. The van der Waals surface area contributed by atoms with Crippen LogP contribution in [0.15, 0.2) is 43.2 Å². The zero-order valence-corrected chi connectivity index (χ0v) is 9.36. The van der Waals surface area contributed by atoms with E-state index in [1.54, 1.807) is 23.3 Å². The van der Waals surface area contributed by atoms with Crippen LogP contribution in [0, 0.1) is 0 Å². The highest BCUT2D eigenvalue weighted by Gasteiger charge is 2.05. The van der Waals surface area contributed by atoms with Crippen LogP contribution in [0.1, 0.15) is 0 Å². The molecule has 0 saturated carbocycles. The molecule has 3 rings (SSSR count). The Morgan fingerprint density at radius 1 is 1.18 bits per heavy atom. The van der Waals surface area contributed by atoms with E-state index in [9.17, 15) is 0 Å². The Hall–Kier alpha value is -2.21. The van der Waals surface area contributed by atoms with Crippen molar-refractivity contribution in [2.75, 3.05) is 0 Å². The summed E-state index contributed by atoms with van der Waals surface area (Å²) in [5.41, 5.74) is 1.67. The Balaban J connectivity index is 2.06. The number of halogens is 1. The maximum absolute atomic E-state index is 6.21. The van der Waals surface area contributed by atoms with E-state index in [1.165, 1.54) is 6.33 Å². The van der Waals surface area contributed by atoms with Crippen molar-refractivity contribution in [2.24, 2.45) is 0 Å². The molecule has 0 N–H and O–H groups in total. The Kier molecular flexibility index (Phi) is 2.34. The van der Waals surface area contributed by atoms with Crippen molar-refractivity contribution in [3.05, 3.63) is 48.3 Å². The minimum atomic E-state index is 0.607. The second kappa shape index (κ2) is 3.99. The number of hydrogen-bond acceptors (Lipinski definition) is 4. The number of nitrogens with zero attached hydrogens (tertiary/aromatic N) is 6. The average Bonchev–Trinajstić information content (AvgIpc) is 3.02. The van der Waals surface area contributed by atoms with Gasteiger partial charge >= 0.3 is 0 Å². The van der Waals surface area contributed by atoms with Crippen molar-refractivity contribution in [1.82, 2.24) is 29.8 Å². The first kappa shape index (κ1) is 9.98. The Morgan fingerprint density at radius 2 is 2.12 bits per heavy atom. The molecule has 0 radical (unpaired) electrons. The zero-order valence-electron chi connectivity index (χ0n) is 8.60. The number of hydrogen-bond donors (Lipinski definition) is 0. The minimum absolute atomic E-state index is 0.607. The second-order valence-electron chi connectivity index (χ2n) is 3.36. The lowest BCUT2D eigenvalue weighted by atomic mass is 10.3. The third kappa shape index (κ3) is 1.78. The molecule has 0 saturated heterocycles. The topological polar surface area (TPSA) is 61.4 Å². The van der Waals surface area contributed by atoms with Gasteiger partial charge in [-0.2, -0.15) is 0 Å². The van der Waals surface area contributed by atoms with Gasteiger partial charge in [0.15, 0.2) is 0 Å². The standard InChI is InChI=1S/C10H7ClN6/c11-9-5-8(17-7-13-14-15-17)1-2-10(9)16-4-3-12-6-16/h1-7H. The van der Waals surface area contributed by atoms with Crippen LogP contribution in [0.25, 0.3) is 11.4 Å². The number of tetrazole rings is 1. The predicted molar refractivity (Wildman–Crippen MR) is 61.3 cm³/mol. The number of rotatable bonds is 2. The molecule has 3 aromatic rings. The highest BCUT2D eigenvalue weighted by molar-refractivity contribution is 6.32. The van der Waals surface area contributed by atoms with E-state index >= 15 is 0 Å². The fraction of sp³-hybridized carbons (Fsp3) is 0. The summed E-state index contributed by atoms with van der Waals surface area (Å²) < 4.78 is 3.38. The molecule has 0 bridgehead atoms. The lowest BCUT2D eigenvalue weighted by molar-refractivity contribution is 0.789. The fourth-order valence-electron chi connectivity index (χ4n) is 1.53. The Bertz CT molecular complexity index is 616. The maximum Gasteiger partial charge on any atom is 0.143 e. The summed E-state index contributed by atoms with van der Waals surface area (Å²) in [7, 11) is 0. The van der Waals surface area contributed by atoms with Gasteiger partial charge in [-0.15, -0.1) is 5.10 Å². The normalized spacial score (nSPS) is 10.6. The molecule has 0 amide bonds. The first-order valence-electron chi connectivity index (χ1n) is 4.86. The van der Waals surface area contributed by atoms with Gasteiger partial charge in [0.2, 0.25) is 0 Å². The molecule has 0 aliphatic rings. The van der Waals surface area contributed by atoms with Crippen molar-refractivity contribution in [3.63, 3.8) is 0 Å². The van der Waals surface area contributed by atoms with Gasteiger partial charge in [0, 0.05) is 12.4 Å². The van der Waals surface area contributed by atoms with Crippen LogP contribution in [0.4, 0.5) is 0 Å². The van der Waals surface area contributed by atoms with Crippen LogP contribution in [0.2, 0.25) is 5.02 Å². The molecule has 0 fully saturated rings. The molecule has 0 atom stereocenters. The molecule has 6 nitrogen and oxygen atoms in total. The molecule has 7 heteroatoms. The van der Waals surface area contributed by atoms with E-state index < -0.39 is 0 Å². The van der Waals surface area contributed by atoms with E-state index in [4.69, 9.17) is 11.6 Å². The molecular formula is C10H7ClN6. The summed E-state index contributed by atoms with van der Waals surface area (Å²) >= 11 is 6.21. The van der Waals surface area contributed by atoms with Crippen LogP contribution in [-0.4, -0.2) is 29.8 Å². The van der Waals surface area contributed by atoms with Crippen LogP contribution in [0.3, 0.4) is 0 Å². The van der Waals surface area contributed by atoms with Gasteiger partial charge in [0.1, 0.15) is 6.33 Å². The molecule has 2 aromatic heterocycles. The van der Waals surface area contributed by atoms with E-state index in [2.05, 4.69) is 20.5 Å². The van der Waals surface area contributed by atoms with E-state index in [0.717, 1.165) is 11.4 Å². The predicted octanol–water partition coefficient (Wildman–Crippen LogP) is 1.50. The monoisotopic (exact) mass is 246 g/mol. The number of benzene rings is 1. The average molecular weight is 247 g/mol. The smallest absolute Gasteiger partial charge is 0.143 e. The molecule has 17 heavy (non-hydrogen) atoms. The molecule has 0 spiro atoms. The molecule has 0 aliphatic carbocycles. The summed E-state index contributed by atoms with van der Waals surface area (Å²) in [5.74, 6) is 0. The lowest BCUT2D eigenvalue weighted by Gasteiger charge is -2.06. The summed E-state index contributed by atoms with van der Waals surface area (Å²) in [4.78, 5) is 3.98. The van der Waals surface area contributed by atoms with Gasteiger partial charge in [0.05, 0.1) is 22.7 Å². The quantitative estimate of drug-likeness (QED) is 0.688. The van der Waals surface area contributed by atoms with Gasteiger partial charge in [-0.3, -0.25) is 0 Å². The SMILES string of the molecule is Clc1cc(-n2cnnn2)ccc1-n1ccnc1. The first-order chi connectivity index (χ1) is 8.34. The second-order valence-corrected chi connectivity index (χ2v) is 3.77. The lowest BCUT2D eigenvalue weighted by Crippen LogP contribution is -1.97. The van der Waals surface area contributed by atoms with Crippen molar-refractivity contribution in [1.29, 1.82) is 0 Å². The third-order valence-corrected chi connectivity index (χ3v) is 2.63. The number of imidazole rings is 1. The van der Waals surface area contributed by atoms with E-state index in [1.807, 2.05) is 22.9 Å². The van der Waals surface area contributed by atoms with Crippen LogP contribution >= 0.6 is 11.6 Å². The summed E-state index contributed by atoms with van der Waals surface area (Å²) in [5, 5.41) is 11.6. The number of aromatic nitrogens is 6. The maximum atomic E-state index is 6.21. The molecule has 0 aliphatic heterocycles. The van der Waals surface area contributed by atoms with Gasteiger partial charge in [0.25, 0.3) is 0 Å². The highest BCUT2D eigenvalue weighted by atomic mass is 35.5. The Labute approximate surface area is 101 Å². The zero-order chi connectivity index (χ0) is 11.7. The van der Waals surface area contributed by atoms with E-state index in [-0.39, 0.29) is 0 Å². The van der Waals surface area contributed by atoms with Gasteiger partial charge in [-0.05, 0) is 28.6 Å². The summed E-state index contributed by atoms with van der Waals surface area (Å²) in [6.07, 6.45) is 6.74. The molecule has 0 unspecified atom stereocenters. The van der Waals surface area contributed by atoms with Crippen molar-refractivity contribution >= 4 is 11.6 Å². The Morgan fingerprint density at radius 3 is 2.76 bits per heavy atom. The van der Waals surface area contributed by atoms with Gasteiger partial charge < -0.3 is 4.57 Å². The van der Waals surface area contributed by atoms with Crippen molar-refractivity contribution in [2.45, 2.75) is 0 Å². The summed E-state index contributed by atoms with van der Waals surface area (Å²) in [6.45, 7) is 0. The fourth-order valence-corrected chi connectivity index (χ4v) is 1.80. The van der Waals surface area contributed by atoms with Crippen LogP contribution in [0.5, 0.6) is 0 Å². The van der Waals surface area contributed by atoms with Crippen molar-refractivity contribution < 1.29 is 0 Å². The summed E-state index contributed by atoms with van der Waals surface area (Å²) in [6, 6.07) is 5.58. The van der Waals surface area contributed by atoms with Crippen LogP contribution in [-0.2, 0) is 0 Å². The van der Waals surface area contributed by atoms with Crippen molar-refractivity contribution in [3.8, 4) is 11.4 Å². The van der Waals surface area contributed by atoms with Gasteiger partial charge in [-0.25, -0.2) is 9.67 Å². The van der Waals surface area contributed by atoms with E-state index in [0.29, 0.717) is 5.02 Å². The molecule has 2 heterocycles.